The van der Waals surface area contributed by atoms with E-state index >= 15 is 0 Å². The lowest BCUT2D eigenvalue weighted by molar-refractivity contribution is 0.181. The number of rotatable bonds is 6. The molecule has 4 rings (SSSR count). The van der Waals surface area contributed by atoms with Gasteiger partial charge in [-0.3, -0.25) is 4.90 Å². The fourth-order valence-corrected chi connectivity index (χ4v) is 2.79. The van der Waals surface area contributed by atoms with Crippen molar-refractivity contribution in [1.29, 1.82) is 0 Å². The minimum absolute atomic E-state index is 0.296. The van der Waals surface area contributed by atoms with Crippen LogP contribution in [0, 0.1) is 5.82 Å². The number of halogens is 1. The Balaban J connectivity index is 0.000000858. The van der Waals surface area contributed by atoms with Crippen molar-refractivity contribution in [3.63, 3.8) is 0 Å². The van der Waals surface area contributed by atoms with Crippen molar-refractivity contribution in [2.45, 2.75) is 39.7 Å². The summed E-state index contributed by atoms with van der Waals surface area (Å²) >= 11 is 0. The molecule has 1 aliphatic rings. The number of hydrogen-bond acceptors (Lipinski definition) is 8. The Bertz CT molecular complexity index is 1010. The highest BCUT2D eigenvalue weighted by molar-refractivity contribution is 5.88. The summed E-state index contributed by atoms with van der Waals surface area (Å²) in [6.45, 7) is 6.95. The van der Waals surface area contributed by atoms with Gasteiger partial charge in [0.2, 0.25) is 17.7 Å². The molecule has 31 heavy (non-hydrogen) atoms. The molecule has 3 aromatic rings. The highest BCUT2D eigenvalue weighted by Crippen LogP contribution is 2.24. The Kier molecular flexibility index (Phi) is 7.47. The maximum absolute atomic E-state index is 13.4. The van der Waals surface area contributed by atoms with Gasteiger partial charge in [-0.2, -0.15) is 9.97 Å². The maximum Gasteiger partial charge on any atom is 0.415 e. The first-order valence-electron chi connectivity index (χ1n) is 10.2. The minimum atomic E-state index is -0.437. The van der Waals surface area contributed by atoms with Crippen molar-refractivity contribution in [2.24, 2.45) is 0 Å². The number of anilines is 2. The molecule has 2 aromatic heterocycles. The fraction of sp³-hybridized carbons (Fsp3) is 0.381. The first-order chi connectivity index (χ1) is 15.0. The average Bonchev–Trinajstić information content (AvgIpc) is 3.42. The van der Waals surface area contributed by atoms with Crippen molar-refractivity contribution >= 4 is 17.9 Å². The molecule has 0 bridgehead atoms. The fourth-order valence-electron chi connectivity index (χ4n) is 2.79. The smallest absolute Gasteiger partial charge is 0.415 e. The van der Waals surface area contributed by atoms with Gasteiger partial charge in [-0.05, 0) is 24.6 Å². The highest BCUT2D eigenvalue weighted by Gasteiger charge is 2.25. The van der Waals surface area contributed by atoms with Crippen LogP contribution in [0.5, 0.6) is 0 Å². The number of hydrogen-bond donors (Lipinski definition) is 1. The molecule has 1 atom stereocenters. The third kappa shape index (κ3) is 5.53. The summed E-state index contributed by atoms with van der Waals surface area (Å²) in [7, 11) is 0. The number of benzene rings is 1. The second-order valence-electron chi connectivity index (χ2n) is 6.78. The van der Waals surface area contributed by atoms with Crippen LogP contribution in [0.4, 0.5) is 21.0 Å². The van der Waals surface area contributed by atoms with E-state index in [1.54, 1.807) is 24.4 Å². The molecule has 1 amide bonds. The van der Waals surface area contributed by atoms with Crippen LogP contribution in [-0.4, -0.2) is 39.4 Å². The van der Waals surface area contributed by atoms with E-state index in [1.807, 2.05) is 6.92 Å². The molecular weight excluding hydrogens is 403 g/mol. The second kappa shape index (κ2) is 10.5. The van der Waals surface area contributed by atoms with Gasteiger partial charge in [0, 0.05) is 11.8 Å². The number of nitrogens with one attached hydrogen (secondary N) is 1. The number of ether oxygens (including phenoxy) is 1. The van der Waals surface area contributed by atoms with Gasteiger partial charge in [-0.15, -0.1) is 0 Å². The summed E-state index contributed by atoms with van der Waals surface area (Å²) in [6.07, 6.45) is 2.98. The largest absolute Gasteiger partial charge is 0.447 e. The zero-order chi connectivity index (χ0) is 22.2. The summed E-state index contributed by atoms with van der Waals surface area (Å²) in [5.41, 5.74) is 0.524. The van der Waals surface area contributed by atoms with Crippen molar-refractivity contribution in [3.05, 3.63) is 48.2 Å². The van der Waals surface area contributed by atoms with Crippen molar-refractivity contribution in [2.75, 3.05) is 23.4 Å². The lowest BCUT2D eigenvalue weighted by Crippen LogP contribution is -2.25. The monoisotopic (exact) mass is 428 g/mol. The van der Waals surface area contributed by atoms with E-state index in [2.05, 4.69) is 39.3 Å². The molecule has 0 saturated carbocycles. The quantitative estimate of drug-likeness (QED) is 0.607. The highest BCUT2D eigenvalue weighted by atomic mass is 19.1. The predicted molar refractivity (Wildman–Crippen MR) is 113 cm³/mol. The van der Waals surface area contributed by atoms with E-state index in [0.29, 0.717) is 48.6 Å². The topological polar surface area (TPSA) is 106 Å². The lowest BCUT2D eigenvalue weighted by atomic mass is 10.2. The Morgan fingerprint density at radius 2 is 2.03 bits per heavy atom. The standard InChI is InChI=1S/C18H17FN6O3.C3H8/c1-2-13(16-23-15(24-28-16)11-4-3-5-12(19)10-11)21-17-20-7-6-14(22-17)25-8-9-27-18(25)26;1-3-2/h3-7,10,13H,2,8-9H2,1H3,(H,20,21,22);3H2,1-2H3. The number of amides is 1. The van der Waals surface area contributed by atoms with Gasteiger partial charge < -0.3 is 14.6 Å². The summed E-state index contributed by atoms with van der Waals surface area (Å²) < 4.78 is 23.7. The minimum Gasteiger partial charge on any atom is -0.447 e. The number of carbonyl (C=O) groups excluding carboxylic acids is 1. The molecule has 1 unspecified atom stereocenters. The number of aromatic nitrogens is 4. The molecule has 10 heteroatoms. The van der Waals surface area contributed by atoms with E-state index in [1.165, 1.54) is 23.5 Å². The molecular formula is C21H25FN6O3. The molecule has 0 radical (unpaired) electrons. The van der Waals surface area contributed by atoms with E-state index in [9.17, 15) is 9.18 Å². The van der Waals surface area contributed by atoms with Gasteiger partial charge in [0.15, 0.2) is 0 Å². The third-order valence-electron chi connectivity index (χ3n) is 4.21. The van der Waals surface area contributed by atoms with Crippen LogP contribution in [0.15, 0.2) is 41.1 Å². The average molecular weight is 428 g/mol. The molecule has 1 N–H and O–H groups in total. The van der Waals surface area contributed by atoms with Crippen LogP contribution < -0.4 is 10.2 Å². The van der Waals surface area contributed by atoms with E-state index in [4.69, 9.17) is 9.26 Å². The summed E-state index contributed by atoms with van der Waals surface area (Å²) in [6, 6.07) is 7.25. The molecule has 9 nitrogen and oxygen atoms in total. The molecule has 1 saturated heterocycles. The van der Waals surface area contributed by atoms with Gasteiger partial charge in [-0.25, -0.2) is 14.2 Å². The summed E-state index contributed by atoms with van der Waals surface area (Å²) in [4.78, 5) is 26.0. The first kappa shape index (κ1) is 22.1. The van der Waals surface area contributed by atoms with Crippen molar-refractivity contribution < 1.29 is 18.4 Å². The van der Waals surface area contributed by atoms with Gasteiger partial charge >= 0.3 is 6.09 Å². The second-order valence-corrected chi connectivity index (χ2v) is 6.78. The van der Waals surface area contributed by atoms with Crippen molar-refractivity contribution in [3.8, 4) is 11.4 Å². The van der Waals surface area contributed by atoms with Gasteiger partial charge in [-0.1, -0.05) is 44.5 Å². The van der Waals surface area contributed by atoms with Crippen LogP contribution in [0.1, 0.15) is 45.5 Å². The summed E-state index contributed by atoms with van der Waals surface area (Å²) in [5.74, 6) is 1.01. The molecule has 3 heterocycles. The zero-order valence-corrected chi connectivity index (χ0v) is 17.7. The SMILES string of the molecule is CCC.CCC(Nc1nccc(N2CCOC2=O)n1)c1nc(-c2cccc(F)c2)no1. The van der Waals surface area contributed by atoms with Crippen LogP contribution in [0.25, 0.3) is 11.4 Å². The molecule has 1 fully saturated rings. The van der Waals surface area contributed by atoms with Crippen LogP contribution >= 0.6 is 0 Å². The van der Waals surface area contributed by atoms with Gasteiger partial charge in [0.05, 0.1) is 6.54 Å². The van der Waals surface area contributed by atoms with Crippen molar-refractivity contribution in [1.82, 2.24) is 20.1 Å². The van der Waals surface area contributed by atoms with Crippen LogP contribution in [-0.2, 0) is 4.74 Å². The Morgan fingerprint density at radius 3 is 2.71 bits per heavy atom. The molecule has 1 aliphatic heterocycles. The number of carbonyl (C=O) groups is 1. The molecule has 164 valence electrons. The Hall–Kier alpha value is -3.56. The van der Waals surface area contributed by atoms with E-state index in [-0.39, 0.29) is 11.9 Å². The van der Waals surface area contributed by atoms with Gasteiger partial charge in [0.25, 0.3) is 0 Å². The zero-order valence-electron chi connectivity index (χ0n) is 17.7. The van der Waals surface area contributed by atoms with E-state index in [0.717, 1.165) is 0 Å². The predicted octanol–water partition coefficient (Wildman–Crippen LogP) is 4.60. The number of cyclic esters (lactones) is 1. The molecule has 0 spiro atoms. The lowest BCUT2D eigenvalue weighted by Gasteiger charge is -2.15. The van der Waals surface area contributed by atoms with Crippen LogP contribution in [0.2, 0.25) is 0 Å². The maximum atomic E-state index is 13.4. The first-order valence-corrected chi connectivity index (χ1v) is 10.2. The Labute approximate surface area is 179 Å². The Morgan fingerprint density at radius 1 is 1.23 bits per heavy atom. The van der Waals surface area contributed by atoms with Gasteiger partial charge in [0.1, 0.15) is 24.3 Å². The summed E-state index contributed by atoms with van der Waals surface area (Å²) in [5, 5.41) is 7.05. The molecule has 1 aromatic carbocycles. The number of nitrogens with zero attached hydrogens (tertiary/aromatic N) is 5. The van der Waals surface area contributed by atoms with E-state index < -0.39 is 6.09 Å². The third-order valence-corrected chi connectivity index (χ3v) is 4.21. The molecule has 0 aliphatic carbocycles. The van der Waals surface area contributed by atoms with Crippen LogP contribution in [0.3, 0.4) is 0 Å². The normalized spacial score (nSPS) is 13.9.